The van der Waals surface area contributed by atoms with E-state index in [1.807, 2.05) is 0 Å². The number of hydrogen-bond donors (Lipinski definition) is 1. The molecule has 1 aromatic heterocycles. The van der Waals surface area contributed by atoms with Gasteiger partial charge in [-0.05, 0) is 25.1 Å². The molecule has 0 radical (unpaired) electrons. The first-order valence-corrected chi connectivity index (χ1v) is 7.21. The number of nitrogen functional groups attached to an aromatic ring is 1. The summed E-state index contributed by atoms with van der Waals surface area (Å²) in [6, 6.07) is 4.10. The van der Waals surface area contributed by atoms with E-state index in [1.54, 1.807) is 18.7 Å². The van der Waals surface area contributed by atoms with Gasteiger partial charge in [0.05, 0.1) is 37.9 Å². The van der Waals surface area contributed by atoms with E-state index < -0.39 is 16.6 Å². The lowest BCUT2D eigenvalue weighted by atomic mass is 10.3. The molecule has 0 aliphatic carbocycles. The van der Waals surface area contributed by atoms with E-state index in [1.165, 1.54) is 12.1 Å². The van der Waals surface area contributed by atoms with E-state index in [2.05, 4.69) is 5.10 Å². The van der Waals surface area contributed by atoms with Crippen LogP contribution in [0.4, 0.5) is 10.1 Å². The molecule has 2 rings (SSSR count). The molecule has 0 spiro atoms. The van der Waals surface area contributed by atoms with Gasteiger partial charge < -0.3 is 5.73 Å². The Balaban J connectivity index is 2.31. The van der Waals surface area contributed by atoms with Crippen molar-refractivity contribution < 1.29 is 8.60 Å². The predicted molar refractivity (Wildman–Crippen MR) is 73.9 cm³/mol. The number of aromatic nitrogens is 2. The average molecular weight is 302 g/mol. The van der Waals surface area contributed by atoms with Gasteiger partial charge in [-0.3, -0.25) is 8.89 Å². The van der Waals surface area contributed by atoms with Crippen LogP contribution >= 0.6 is 11.6 Å². The number of hydrogen-bond acceptors (Lipinski definition) is 3. The monoisotopic (exact) mass is 301 g/mol. The summed E-state index contributed by atoms with van der Waals surface area (Å²) in [6.45, 7) is 1.76. The minimum atomic E-state index is -1.54. The van der Waals surface area contributed by atoms with Gasteiger partial charge in [0.25, 0.3) is 0 Å². The van der Waals surface area contributed by atoms with E-state index in [0.717, 1.165) is 6.07 Å². The molecule has 1 atom stereocenters. The maximum Gasteiger partial charge on any atom is 0.141 e. The largest absolute Gasteiger partial charge is 0.399 e. The molecule has 0 amide bonds. The summed E-state index contributed by atoms with van der Waals surface area (Å²) in [5, 5.41) is 4.59. The number of benzene rings is 1. The average Bonchev–Trinajstić information content (AvgIpc) is 2.56. The normalized spacial score (nSPS) is 12.6. The molecular formula is C12H13ClFN3OS. The van der Waals surface area contributed by atoms with Gasteiger partial charge in [0.15, 0.2) is 0 Å². The van der Waals surface area contributed by atoms with E-state index >= 15 is 0 Å². The van der Waals surface area contributed by atoms with Gasteiger partial charge in [0.2, 0.25) is 0 Å². The van der Waals surface area contributed by atoms with E-state index in [-0.39, 0.29) is 10.6 Å². The fourth-order valence-electron chi connectivity index (χ4n) is 1.74. The fourth-order valence-corrected chi connectivity index (χ4v) is 3.28. The lowest BCUT2D eigenvalue weighted by Crippen LogP contribution is -2.05. The second kappa shape index (κ2) is 5.30. The van der Waals surface area contributed by atoms with Gasteiger partial charge in [-0.25, -0.2) is 4.39 Å². The highest BCUT2D eigenvalue weighted by molar-refractivity contribution is 7.84. The Morgan fingerprint density at radius 2 is 2.21 bits per heavy atom. The Bertz CT molecular complexity index is 657. The van der Waals surface area contributed by atoms with Crippen molar-refractivity contribution in [1.82, 2.24) is 9.78 Å². The van der Waals surface area contributed by atoms with Gasteiger partial charge in [0.1, 0.15) is 5.82 Å². The second-order valence-electron chi connectivity index (χ2n) is 4.15. The van der Waals surface area contributed by atoms with E-state index in [9.17, 15) is 8.60 Å². The molecule has 2 N–H and O–H groups in total. The van der Waals surface area contributed by atoms with Crippen LogP contribution in [0.15, 0.2) is 23.1 Å². The minimum absolute atomic E-state index is 0.108. The van der Waals surface area contributed by atoms with Crippen LogP contribution in [0.3, 0.4) is 0 Å². The van der Waals surface area contributed by atoms with Crippen LogP contribution < -0.4 is 5.73 Å². The van der Waals surface area contributed by atoms with Crippen LogP contribution in [0, 0.1) is 12.7 Å². The van der Waals surface area contributed by atoms with Gasteiger partial charge >= 0.3 is 0 Å². The van der Waals surface area contributed by atoms with E-state index in [0.29, 0.717) is 22.1 Å². The molecule has 0 fully saturated rings. The van der Waals surface area contributed by atoms with Gasteiger partial charge in [-0.1, -0.05) is 11.6 Å². The highest BCUT2D eigenvalue weighted by Crippen LogP contribution is 2.24. The van der Waals surface area contributed by atoms with Gasteiger partial charge in [0, 0.05) is 12.7 Å². The fraction of sp³-hybridized carbons (Fsp3) is 0.250. The molecule has 1 unspecified atom stereocenters. The van der Waals surface area contributed by atoms with E-state index in [4.69, 9.17) is 17.3 Å². The predicted octanol–water partition coefficient (Wildman–Crippen LogP) is 2.41. The standard InChI is InChI=1S/C12H13ClFN3OS/c1-7-12(13)10(17(2)16-7)6-19(18)11-4-3-8(15)5-9(11)14/h3-5H,6,15H2,1-2H3. The highest BCUT2D eigenvalue weighted by atomic mass is 35.5. The quantitative estimate of drug-likeness (QED) is 0.886. The SMILES string of the molecule is Cc1nn(C)c(CS(=O)c2ccc(N)cc2F)c1Cl. The molecule has 1 heterocycles. The number of anilines is 1. The zero-order valence-electron chi connectivity index (χ0n) is 10.5. The number of rotatable bonds is 3. The molecule has 0 saturated heterocycles. The molecule has 102 valence electrons. The maximum absolute atomic E-state index is 13.7. The first kappa shape index (κ1) is 14.0. The number of halogens is 2. The lowest BCUT2D eigenvalue weighted by molar-refractivity contribution is 0.595. The number of nitrogens with two attached hydrogens (primary N) is 1. The van der Waals surface area contributed by atoms with Gasteiger partial charge in [-0.2, -0.15) is 5.10 Å². The number of nitrogens with zero attached hydrogens (tertiary/aromatic N) is 2. The van der Waals surface area contributed by atoms with Crippen molar-refractivity contribution >= 4 is 28.1 Å². The second-order valence-corrected chi connectivity index (χ2v) is 5.95. The van der Waals surface area contributed by atoms with Crippen LogP contribution in [-0.2, 0) is 23.6 Å². The molecule has 19 heavy (non-hydrogen) atoms. The van der Waals surface area contributed by atoms with Crippen molar-refractivity contribution in [1.29, 1.82) is 0 Å². The molecule has 0 bridgehead atoms. The summed E-state index contributed by atoms with van der Waals surface area (Å²) in [5.74, 6) is -0.467. The molecular weight excluding hydrogens is 289 g/mol. The van der Waals surface area contributed by atoms with Crippen LogP contribution in [0.1, 0.15) is 11.4 Å². The van der Waals surface area contributed by atoms with Crippen LogP contribution in [-0.4, -0.2) is 14.0 Å². The molecule has 2 aromatic rings. The summed E-state index contributed by atoms with van der Waals surface area (Å²) in [7, 11) is 0.176. The summed E-state index contributed by atoms with van der Waals surface area (Å²) in [4.78, 5) is 0.115. The van der Waals surface area contributed by atoms with Crippen LogP contribution in [0.25, 0.3) is 0 Å². The highest BCUT2D eigenvalue weighted by Gasteiger charge is 2.17. The molecule has 4 nitrogen and oxygen atoms in total. The molecule has 0 aliphatic rings. The Labute approximate surface area is 117 Å². The summed E-state index contributed by atoms with van der Waals surface area (Å²) >= 11 is 6.08. The third-order valence-electron chi connectivity index (χ3n) is 2.73. The lowest BCUT2D eigenvalue weighted by Gasteiger charge is -2.05. The Hall–Kier alpha value is -1.40. The summed E-state index contributed by atoms with van der Waals surface area (Å²) in [5.41, 5.74) is 7.04. The van der Waals surface area contributed by atoms with Crippen molar-refractivity contribution in [2.24, 2.45) is 7.05 Å². The zero-order chi connectivity index (χ0) is 14.2. The molecule has 0 saturated carbocycles. The molecule has 1 aromatic carbocycles. The third-order valence-corrected chi connectivity index (χ3v) is 4.58. The number of aryl methyl sites for hydroxylation is 2. The van der Waals surface area contributed by atoms with Crippen molar-refractivity contribution in [3.05, 3.63) is 40.4 Å². The smallest absolute Gasteiger partial charge is 0.141 e. The van der Waals surface area contributed by atoms with Crippen molar-refractivity contribution in [2.45, 2.75) is 17.6 Å². The first-order chi connectivity index (χ1) is 8.90. The Morgan fingerprint density at radius 3 is 2.74 bits per heavy atom. The van der Waals surface area contributed by atoms with Crippen LogP contribution in [0.2, 0.25) is 5.02 Å². The van der Waals surface area contributed by atoms with Crippen molar-refractivity contribution in [3.8, 4) is 0 Å². The van der Waals surface area contributed by atoms with Crippen molar-refractivity contribution in [2.75, 3.05) is 5.73 Å². The Kier molecular flexibility index (Phi) is 3.91. The Morgan fingerprint density at radius 1 is 1.53 bits per heavy atom. The third kappa shape index (κ3) is 2.79. The van der Waals surface area contributed by atoms with Crippen LogP contribution in [0.5, 0.6) is 0 Å². The topological polar surface area (TPSA) is 60.9 Å². The first-order valence-electron chi connectivity index (χ1n) is 5.51. The molecule has 0 aliphatic heterocycles. The summed E-state index contributed by atoms with van der Waals surface area (Å²) in [6.07, 6.45) is 0. The van der Waals surface area contributed by atoms with Crippen molar-refractivity contribution in [3.63, 3.8) is 0 Å². The molecule has 7 heteroatoms. The van der Waals surface area contributed by atoms with Gasteiger partial charge in [-0.15, -0.1) is 0 Å². The maximum atomic E-state index is 13.7. The zero-order valence-corrected chi connectivity index (χ0v) is 12.1. The summed E-state index contributed by atoms with van der Waals surface area (Å²) < 4.78 is 27.4. The minimum Gasteiger partial charge on any atom is -0.399 e.